The fourth-order valence-electron chi connectivity index (χ4n) is 1.66. The van der Waals surface area contributed by atoms with Crippen molar-refractivity contribution in [1.82, 2.24) is 0 Å². The second-order valence-corrected chi connectivity index (χ2v) is 7.27. The lowest BCUT2D eigenvalue weighted by atomic mass is 10.0. The molecule has 0 amide bonds. The van der Waals surface area contributed by atoms with Crippen molar-refractivity contribution in [1.29, 1.82) is 0 Å². The van der Waals surface area contributed by atoms with Crippen molar-refractivity contribution in [2.24, 2.45) is 5.92 Å². The van der Waals surface area contributed by atoms with Crippen LogP contribution >= 0.6 is 22.6 Å². The summed E-state index contributed by atoms with van der Waals surface area (Å²) in [7, 11) is 0. The molecule has 0 saturated heterocycles. The lowest BCUT2D eigenvalue weighted by Crippen LogP contribution is -2.32. The van der Waals surface area contributed by atoms with Crippen LogP contribution in [-0.2, 0) is 28.6 Å². The molecule has 140 valence electrons. The van der Waals surface area contributed by atoms with Crippen molar-refractivity contribution in [2.75, 3.05) is 26.4 Å². The average Bonchev–Trinajstić information content (AvgIpc) is 2.49. The van der Waals surface area contributed by atoms with E-state index in [0.29, 0.717) is 45.5 Å². The lowest BCUT2D eigenvalue weighted by Gasteiger charge is -2.20. The molecular weight excluding hydrogens is 427 g/mol. The van der Waals surface area contributed by atoms with Crippen molar-refractivity contribution >= 4 is 38.1 Å². The van der Waals surface area contributed by atoms with Gasteiger partial charge in [0.15, 0.2) is 0 Å². The van der Waals surface area contributed by atoms with Crippen LogP contribution in [0.5, 0.6) is 0 Å². The van der Waals surface area contributed by atoms with Crippen molar-refractivity contribution in [3.8, 4) is 0 Å². The first-order valence-corrected chi connectivity index (χ1v) is 9.34. The minimum atomic E-state index is -0.812. The highest BCUT2D eigenvalue weighted by Gasteiger charge is 2.25. The Labute approximate surface area is 158 Å². The molecule has 0 aromatic rings. The third-order valence-electron chi connectivity index (χ3n) is 3.35. The van der Waals surface area contributed by atoms with Gasteiger partial charge in [-0.25, -0.2) is 0 Å². The summed E-state index contributed by atoms with van der Waals surface area (Å²) in [6.07, 6.45) is 2.21. The smallest absolute Gasteiger partial charge is 0.305 e. The van der Waals surface area contributed by atoms with E-state index in [9.17, 15) is 14.4 Å². The number of hydrogen-bond acceptors (Lipinski definition) is 6. The van der Waals surface area contributed by atoms with Gasteiger partial charge >= 0.3 is 5.97 Å². The Morgan fingerprint density at radius 2 is 1.54 bits per heavy atom. The Hall–Kier alpha value is -0.540. The van der Waals surface area contributed by atoms with Crippen LogP contribution in [-0.4, -0.2) is 47.6 Å². The highest BCUT2D eigenvalue weighted by atomic mass is 127. The maximum absolute atomic E-state index is 11.5. The zero-order valence-corrected chi connectivity index (χ0v) is 17.2. The number of ether oxygens (including phenoxy) is 3. The van der Waals surface area contributed by atoms with Gasteiger partial charge in [-0.3, -0.25) is 14.4 Å². The summed E-state index contributed by atoms with van der Waals surface area (Å²) in [6.45, 7) is 8.29. The van der Waals surface area contributed by atoms with Gasteiger partial charge in [0.1, 0.15) is 18.0 Å². The number of rotatable bonds is 14. The standard InChI is InChI=1S/C17H29IO6/c1-13(2)14(19)7-5-6-8-15(20)23-11-9-22-10-12-24-17(3,4)16(18)21/h13H,5-12H2,1-4H3. The van der Waals surface area contributed by atoms with Crippen LogP contribution in [0, 0.1) is 5.92 Å². The molecule has 0 saturated carbocycles. The number of carbonyl (C=O) groups is 3. The quantitative estimate of drug-likeness (QED) is 0.173. The zero-order valence-electron chi connectivity index (χ0n) is 15.1. The zero-order chi connectivity index (χ0) is 18.6. The molecule has 0 rings (SSSR count). The summed E-state index contributed by atoms with van der Waals surface area (Å²) in [6, 6.07) is 0. The Morgan fingerprint density at radius 1 is 0.958 bits per heavy atom. The molecule has 0 bridgehead atoms. The van der Waals surface area contributed by atoms with E-state index in [-0.39, 0.29) is 28.1 Å². The van der Waals surface area contributed by atoms with Crippen LogP contribution in [0.1, 0.15) is 53.4 Å². The number of hydrogen-bond donors (Lipinski definition) is 0. The highest BCUT2D eigenvalue weighted by molar-refractivity contribution is 14.1. The van der Waals surface area contributed by atoms with Crippen LogP contribution in [0.3, 0.4) is 0 Å². The van der Waals surface area contributed by atoms with Gasteiger partial charge in [-0.05, 0) is 26.7 Å². The second kappa shape index (κ2) is 12.8. The van der Waals surface area contributed by atoms with Gasteiger partial charge in [-0.2, -0.15) is 0 Å². The third-order valence-corrected chi connectivity index (χ3v) is 4.65. The summed E-state index contributed by atoms with van der Waals surface area (Å²) in [5, 5.41) is 0. The molecule has 24 heavy (non-hydrogen) atoms. The molecule has 0 aromatic carbocycles. The van der Waals surface area contributed by atoms with E-state index in [0.717, 1.165) is 0 Å². The largest absolute Gasteiger partial charge is 0.463 e. The SMILES string of the molecule is CC(C)C(=O)CCCCC(=O)OCCOCCOC(C)(C)C(=O)I. The monoisotopic (exact) mass is 456 g/mol. The first kappa shape index (κ1) is 23.5. The minimum absolute atomic E-state index is 0.0543. The molecule has 0 fully saturated rings. The van der Waals surface area contributed by atoms with Gasteiger partial charge in [0, 0.05) is 41.4 Å². The van der Waals surface area contributed by atoms with Crippen LogP contribution in [0.15, 0.2) is 0 Å². The van der Waals surface area contributed by atoms with E-state index in [1.54, 1.807) is 36.4 Å². The van der Waals surface area contributed by atoms with Crippen molar-refractivity contribution in [3.05, 3.63) is 0 Å². The molecule has 0 aromatic heterocycles. The molecular formula is C17H29IO6. The van der Waals surface area contributed by atoms with E-state index in [1.807, 2.05) is 13.8 Å². The van der Waals surface area contributed by atoms with E-state index in [2.05, 4.69) is 0 Å². The van der Waals surface area contributed by atoms with E-state index >= 15 is 0 Å². The lowest BCUT2D eigenvalue weighted by molar-refractivity contribution is -0.146. The molecule has 0 unspecified atom stereocenters. The number of esters is 1. The summed E-state index contributed by atoms with van der Waals surface area (Å²) in [4.78, 5) is 34.1. The molecule has 0 N–H and O–H groups in total. The average molecular weight is 456 g/mol. The summed E-state index contributed by atoms with van der Waals surface area (Å²) in [5.41, 5.74) is -0.812. The van der Waals surface area contributed by atoms with Crippen molar-refractivity contribution in [3.63, 3.8) is 0 Å². The van der Waals surface area contributed by atoms with E-state index in [1.165, 1.54) is 0 Å². The summed E-state index contributed by atoms with van der Waals surface area (Å²) >= 11 is 1.71. The Balaban J connectivity index is 3.50. The molecule has 0 spiro atoms. The molecule has 0 heterocycles. The topological polar surface area (TPSA) is 78.9 Å². The normalized spacial score (nSPS) is 11.6. The number of carbonyl (C=O) groups excluding carboxylic acids is 3. The molecule has 0 aliphatic heterocycles. The van der Waals surface area contributed by atoms with Gasteiger partial charge in [-0.1, -0.05) is 13.8 Å². The number of unbranched alkanes of at least 4 members (excludes halogenated alkanes) is 1. The van der Waals surface area contributed by atoms with Crippen LogP contribution in [0.25, 0.3) is 0 Å². The first-order chi connectivity index (χ1) is 11.2. The first-order valence-electron chi connectivity index (χ1n) is 8.26. The Bertz CT molecular complexity index is 406. The fourth-order valence-corrected chi connectivity index (χ4v) is 1.81. The van der Waals surface area contributed by atoms with E-state index in [4.69, 9.17) is 14.2 Å². The summed E-state index contributed by atoms with van der Waals surface area (Å²) in [5.74, 6) is 0.00794. The van der Waals surface area contributed by atoms with Gasteiger partial charge in [0.05, 0.1) is 19.8 Å². The van der Waals surface area contributed by atoms with Crippen LogP contribution in [0.4, 0.5) is 0 Å². The predicted octanol–water partition coefficient (Wildman–Crippen LogP) is 3.09. The molecule has 6 nitrogen and oxygen atoms in total. The second-order valence-electron chi connectivity index (χ2n) is 6.29. The Morgan fingerprint density at radius 3 is 2.12 bits per heavy atom. The number of halogens is 1. The van der Waals surface area contributed by atoms with Gasteiger partial charge < -0.3 is 14.2 Å². The third kappa shape index (κ3) is 11.9. The Kier molecular flexibility index (Phi) is 12.5. The molecule has 7 heteroatoms. The number of Topliss-reactive ketones (excluding diaryl/α,β-unsaturated/α-hetero) is 1. The van der Waals surface area contributed by atoms with E-state index < -0.39 is 5.60 Å². The van der Waals surface area contributed by atoms with Gasteiger partial charge in [-0.15, -0.1) is 0 Å². The molecule has 0 radical (unpaired) electrons. The van der Waals surface area contributed by atoms with Crippen LogP contribution < -0.4 is 0 Å². The minimum Gasteiger partial charge on any atom is -0.463 e. The van der Waals surface area contributed by atoms with Gasteiger partial charge in [0.2, 0.25) is 3.79 Å². The molecule has 0 atom stereocenters. The highest BCUT2D eigenvalue weighted by Crippen LogP contribution is 2.14. The maximum Gasteiger partial charge on any atom is 0.305 e. The number of ketones is 1. The molecule has 0 aliphatic carbocycles. The fraction of sp³-hybridized carbons (Fsp3) is 0.824. The summed E-state index contributed by atoms with van der Waals surface area (Å²) < 4.78 is 15.7. The van der Waals surface area contributed by atoms with Crippen molar-refractivity contribution in [2.45, 2.75) is 59.0 Å². The molecule has 0 aliphatic rings. The van der Waals surface area contributed by atoms with Crippen LogP contribution in [0.2, 0.25) is 0 Å². The van der Waals surface area contributed by atoms with Gasteiger partial charge in [0.25, 0.3) is 0 Å². The maximum atomic E-state index is 11.5. The van der Waals surface area contributed by atoms with Crippen molar-refractivity contribution < 1.29 is 28.6 Å². The predicted molar refractivity (Wildman–Crippen MR) is 99.1 cm³/mol.